The maximum Gasteiger partial charge on any atom is 0.419 e. The van der Waals surface area contributed by atoms with Gasteiger partial charge >= 0.3 is 12.4 Å². The minimum atomic E-state index is -4.75. The first-order valence-electron chi connectivity index (χ1n) is 12.3. The van der Waals surface area contributed by atoms with Crippen molar-refractivity contribution in [2.75, 3.05) is 31.6 Å². The Balaban J connectivity index is 0.000000293. The lowest BCUT2D eigenvalue weighted by atomic mass is 9.95. The summed E-state index contributed by atoms with van der Waals surface area (Å²) in [5, 5.41) is 2.59. The van der Waals surface area contributed by atoms with Crippen LogP contribution in [-0.4, -0.2) is 43.2 Å². The molecule has 2 aromatic carbocycles. The number of amides is 1. The summed E-state index contributed by atoms with van der Waals surface area (Å²) in [5.74, 6) is -2.54. The van der Waals surface area contributed by atoms with Crippen LogP contribution in [0.25, 0.3) is 5.73 Å². The number of carbonyl (C=O) groups is 1. The van der Waals surface area contributed by atoms with E-state index in [4.69, 9.17) is 10.5 Å². The fourth-order valence-electron chi connectivity index (χ4n) is 4.56. The van der Waals surface area contributed by atoms with Gasteiger partial charge in [-0.1, -0.05) is 18.6 Å². The Morgan fingerprint density at radius 2 is 1.56 bits per heavy atom. The maximum atomic E-state index is 13.7. The summed E-state index contributed by atoms with van der Waals surface area (Å²) < 4.78 is 105. The molecule has 4 rings (SSSR count). The van der Waals surface area contributed by atoms with Crippen LogP contribution in [0.5, 0.6) is 0 Å². The number of hydrogen-bond acceptors (Lipinski definition) is 3. The van der Waals surface area contributed by atoms with Crippen molar-refractivity contribution in [2.24, 2.45) is 5.92 Å². The van der Waals surface area contributed by atoms with Crippen LogP contribution in [0.15, 0.2) is 36.4 Å². The zero-order valence-electron chi connectivity index (χ0n) is 20.8. The van der Waals surface area contributed by atoms with Crippen LogP contribution in [-0.2, 0) is 21.9 Å². The third-order valence-electron chi connectivity index (χ3n) is 6.56. The Hall–Kier alpha value is -2.93. The number of ether oxygens (including phenoxy) is 1. The molecule has 0 aromatic heterocycles. The van der Waals surface area contributed by atoms with E-state index in [9.17, 15) is 39.9 Å². The predicted molar refractivity (Wildman–Crippen MR) is 128 cm³/mol. The van der Waals surface area contributed by atoms with E-state index in [0.717, 1.165) is 70.2 Å². The second kappa shape index (κ2) is 12.9. The number of nitrogens with one attached hydrogen (secondary N) is 2. The van der Waals surface area contributed by atoms with Crippen LogP contribution < -0.4 is 5.32 Å². The lowest BCUT2D eigenvalue weighted by Crippen LogP contribution is -2.49. The molecule has 2 aliphatic heterocycles. The third-order valence-corrected chi connectivity index (χ3v) is 6.56. The van der Waals surface area contributed by atoms with Crippen molar-refractivity contribution in [3.05, 3.63) is 64.9 Å². The van der Waals surface area contributed by atoms with Crippen molar-refractivity contribution < 1.29 is 44.7 Å². The van der Waals surface area contributed by atoms with Gasteiger partial charge in [-0.25, -0.2) is 8.78 Å². The predicted octanol–water partition coefficient (Wildman–Crippen LogP) is 7.59. The molecule has 2 fully saturated rings. The number of carbonyl (C=O) groups excluding carboxylic acids is 1. The van der Waals surface area contributed by atoms with E-state index in [-0.39, 0.29) is 23.3 Å². The quantitative estimate of drug-likeness (QED) is 0.388. The van der Waals surface area contributed by atoms with Gasteiger partial charge in [-0.05, 0) is 62.4 Å². The number of alkyl halides is 6. The van der Waals surface area contributed by atoms with Crippen LogP contribution >= 0.6 is 0 Å². The van der Waals surface area contributed by atoms with Gasteiger partial charge in [0.05, 0.1) is 17.2 Å². The molecule has 2 N–H and O–H groups in total. The molecule has 2 aromatic rings. The highest BCUT2D eigenvalue weighted by molar-refractivity contribution is 5.94. The molecule has 0 saturated carbocycles. The number of piperidine rings is 1. The molecule has 5 nitrogen and oxygen atoms in total. The van der Waals surface area contributed by atoms with Gasteiger partial charge in [-0.2, -0.15) is 26.3 Å². The van der Waals surface area contributed by atoms with Gasteiger partial charge in [-0.3, -0.25) is 9.69 Å². The highest BCUT2D eigenvalue weighted by Gasteiger charge is 2.35. The molecule has 2 aliphatic rings. The van der Waals surface area contributed by atoms with Gasteiger partial charge in [0, 0.05) is 25.4 Å². The van der Waals surface area contributed by atoms with E-state index < -0.39 is 35.1 Å². The molecule has 0 spiro atoms. The fourth-order valence-corrected chi connectivity index (χ4v) is 4.56. The van der Waals surface area contributed by atoms with Crippen LogP contribution in [0.2, 0.25) is 0 Å². The van der Waals surface area contributed by atoms with Crippen molar-refractivity contribution in [1.82, 2.24) is 4.90 Å². The molecule has 2 saturated heterocycles. The topological polar surface area (TPSA) is 65.4 Å². The molecule has 0 unspecified atom stereocenters. The molecule has 0 bridgehead atoms. The molecule has 13 heteroatoms. The maximum absolute atomic E-state index is 13.7. The summed E-state index contributed by atoms with van der Waals surface area (Å²) in [6, 6.07) is 4.19. The van der Waals surface area contributed by atoms with Gasteiger partial charge in [-0.15, -0.1) is 5.69 Å². The number of benzene rings is 2. The highest BCUT2D eigenvalue weighted by atomic mass is 19.4. The van der Waals surface area contributed by atoms with E-state index in [1.165, 1.54) is 0 Å². The summed E-state index contributed by atoms with van der Waals surface area (Å²) in [6.45, 7) is 3.10. The van der Waals surface area contributed by atoms with Crippen molar-refractivity contribution in [3.63, 3.8) is 0 Å². The zero-order valence-corrected chi connectivity index (χ0v) is 20.8. The van der Waals surface area contributed by atoms with Crippen molar-refractivity contribution >= 4 is 17.3 Å². The first kappa shape index (κ1) is 30.6. The monoisotopic (exact) mass is 566 g/mol. The number of halogens is 8. The molecule has 216 valence electrons. The Labute approximate surface area is 220 Å². The second-order valence-corrected chi connectivity index (χ2v) is 9.44. The Morgan fingerprint density at radius 3 is 2.15 bits per heavy atom. The smallest absolute Gasteiger partial charge is 0.419 e. The van der Waals surface area contributed by atoms with E-state index in [1.807, 2.05) is 0 Å². The highest BCUT2D eigenvalue weighted by Crippen LogP contribution is 2.34. The molecular weight excluding hydrogens is 538 g/mol. The zero-order chi connectivity index (χ0) is 28.8. The number of anilines is 1. The SMILES string of the molecule is O=C(Nc1ccc(C(F)(F)F)c(F)c1)[C@@H]1CCCCN1CC1CCOCC1.[NH-]c1ccc(F)c(C(F)(F)F)c1. The van der Waals surface area contributed by atoms with Crippen LogP contribution in [0.4, 0.5) is 46.5 Å². The van der Waals surface area contributed by atoms with Gasteiger partial charge in [0.1, 0.15) is 11.6 Å². The number of likely N-dealkylation sites (tertiary alicyclic amines) is 1. The average Bonchev–Trinajstić information content (AvgIpc) is 2.85. The molecule has 2 heterocycles. The minimum Gasteiger partial charge on any atom is -0.699 e. The van der Waals surface area contributed by atoms with Crippen molar-refractivity contribution in [3.8, 4) is 0 Å². The van der Waals surface area contributed by atoms with E-state index >= 15 is 0 Å². The minimum absolute atomic E-state index is 0.0436. The first-order chi connectivity index (χ1) is 18.3. The van der Waals surface area contributed by atoms with E-state index in [2.05, 4.69) is 10.2 Å². The largest absolute Gasteiger partial charge is 0.699 e. The lowest BCUT2D eigenvalue weighted by molar-refractivity contribution is -0.140. The number of rotatable bonds is 4. The van der Waals surface area contributed by atoms with E-state index in [0.29, 0.717) is 30.5 Å². The Bertz CT molecular complexity index is 1120. The normalized spacial score (nSPS) is 19.2. The van der Waals surface area contributed by atoms with Gasteiger partial charge in [0.2, 0.25) is 5.91 Å². The summed E-state index contributed by atoms with van der Waals surface area (Å²) in [5.41, 5.74) is 3.80. The summed E-state index contributed by atoms with van der Waals surface area (Å²) in [6.07, 6.45) is -4.91. The average molecular weight is 567 g/mol. The molecule has 1 amide bonds. The Morgan fingerprint density at radius 1 is 0.897 bits per heavy atom. The van der Waals surface area contributed by atoms with Gasteiger partial charge in [0.15, 0.2) is 0 Å². The molecule has 0 aliphatic carbocycles. The molecule has 39 heavy (non-hydrogen) atoms. The molecule has 1 atom stereocenters. The molecule has 0 radical (unpaired) electrons. The number of nitrogens with zero attached hydrogens (tertiary/aromatic N) is 1. The van der Waals surface area contributed by atoms with E-state index in [1.54, 1.807) is 0 Å². The van der Waals surface area contributed by atoms with Gasteiger partial charge in [0.25, 0.3) is 0 Å². The number of hydrogen-bond donors (Lipinski definition) is 1. The first-order valence-corrected chi connectivity index (χ1v) is 12.3. The lowest BCUT2D eigenvalue weighted by Gasteiger charge is -2.37. The summed E-state index contributed by atoms with van der Waals surface area (Å²) in [4.78, 5) is 14.8. The van der Waals surface area contributed by atoms with Gasteiger partial charge < -0.3 is 15.8 Å². The van der Waals surface area contributed by atoms with Crippen molar-refractivity contribution in [1.29, 1.82) is 0 Å². The van der Waals surface area contributed by atoms with Crippen LogP contribution in [0.3, 0.4) is 0 Å². The summed E-state index contributed by atoms with van der Waals surface area (Å²) >= 11 is 0. The Kier molecular flexibility index (Phi) is 10.2. The molecular formula is C26H28F8N3O2-. The second-order valence-electron chi connectivity index (χ2n) is 9.44. The fraction of sp³-hybridized carbons (Fsp3) is 0.500. The van der Waals surface area contributed by atoms with Crippen molar-refractivity contribution in [2.45, 2.75) is 50.5 Å². The summed E-state index contributed by atoms with van der Waals surface area (Å²) in [7, 11) is 0. The third kappa shape index (κ3) is 8.79. The van der Waals surface area contributed by atoms with Crippen LogP contribution in [0.1, 0.15) is 43.2 Å². The van der Waals surface area contributed by atoms with Crippen LogP contribution in [0, 0.1) is 17.6 Å². The standard InChI is InChI=1S/C19H24F4N2O2.C7H4F4N/c20-16-11-14(4-5-15(16)19(21,22)23)24-18(26)17-3-1-2-8-25(17)12-13-6-9-27-10-7-13;8-6-2-1-4(12)3-5(6)7(9,10)11/h4-5,11,13,17H,1-3,6-10,12H2,(H,24,26);1-3,12H/q;-1/t17-;/m0./s1.